The van der Waals surface area contributed by atoms with Gasteiger partial charge in [-0.1, -0.05) is 18.2 Å². The molecular weight excluding hydrogens is 334 g/mol. The smallest absolute Gasteiger partial charge is 0.199 e. The molecule has 0 N–H and O–H groups in total. The first kappa shape index (κ1) is 17.3. The zero-order valence-corrected chi connectivity index (χ0v) is 15.2. The third-order valence-corrected chi connectivity index (χ3v) is 4.32. The minimum absolute atomic E-state index is 0.607. The summed E-state index contributed by atoms with van der Waals surface area (Å²) in [5, 5.41) is 4.65. The Morgan fingerprint density at radius 1 is 1.12 bits per heavy atom. The Bertz CT molecular complexity index is 860. The number of hydrogen-bond acceptors (Lipinski definition) is 5. The van der Waals surface area contributed by atoms with E-state index in [4.69, 9.17) is 17.0 Å². The van der Waals surface area contributed by atoms with Crippen molar-refractivity contribution in [2.24, 2.45) is 7.05 Å². The summed E-state index contributed by atoms with van der Waals surface area (Å²) < 4.78 is 10.2. The third kappa shape index (κ3) is 4.32. The van der Waals surface area contributed by atoms with Gasteiger partial charge in [0.25, 0.3) is 0 Å². The average molecular weight is 355 g/mol. The van der Waals surface area contributed by atoms with Crippen LogP contribution in [-0.4, -0.2) is 44.4 Å². The maximum atomic E-state index is 5.73. The van der Waals surface area contributed by atoms with Crippen LogP contribution in [0.1, 0.15) is 0 Å². The molecule has 0 aliphatic carbocycles. The summed E-state index contributed by atoms with van der Waals surface area (Å²) >= 11 is 5.51. The Morgan fingerprint density at radius 2 is 1.84 bits per heavy atom. The zero-order valence-electron chi connectivity index (χ0n) is 14.4. The molecule has 0 unspecified atom stereocenters. The van der Waals surface area contributed by atoms with Crippen LogP contribution in [0.2, 0.25) is 0 Å². The van der Waals surface area contributed by atoms with Crippen LogP contribution in [0, 0.1) is 4.77 Å². The maximum Gasteiger partial charge on any atom is 0.199 e. The molecule has 0 radical (unpaired) electrons. The van der Waals surface area contributed by atoms with Crippen LogP contribution in [0.25, 0.3) is 11.4 Å². The summed E-state index contributed by atoms with van der Waals surface area (Å²) in [7, 11) is 3.96. The summed E-state index contributed by atoms with van der Waals surface area (Å²) in [5.74, 6) is 1.71. The maximum absolute atomic E-state index is 5.73. The highest BCUT2D eigenvalue weighted by molar-refractivity contribution is 7.71. The summed E-state index contributed by atoms with van der Waals surface area (Å²) in [5.41, 5.74) is 0.998. The van der Waals surface area contributed by atoms with Gasteiger partial charge in [-0.15, -0.1) is 0 Å². The number of hydrogen-bond donors (Lipinski definition) is 0. The second kappa shape index (κ2) is 8.04. The van der Waals surface area contributed by atoms with Gasteiger partial charge >= 0.3 is 0 Å². The van der Waals surface area contributed by atoms with Crippen LogP contribution in [0.4, 0.5) is 0 Å². The van der Waals surface area contributed by atoms with Gasteiger partial charge in [0.05, 0.1) is 6.67 Å². The molecule has 0 aliphatic rings. The quantitative estimate of drug-likeness (QED) is 0.610. The number of pyridine rings is 1. The summed E-state index contributed by atoms with van der Waals surface area (Å²) in [6.45, 7) is 1.99. The number of nitrogens with zero attached hydrogens (tertiary/aromatic N) is 5. The molecule has 2 heterocycles. The highest BCUT2D eigenvalue weighted by Gasteiger charge is 2.11. The normalized spacial score (nSPS) is 11.0. The van der Waals surface area contributed by atoms with Gasteiger partial charge in [-0.3, -0.25) is 9.88 Å². The van der Waals surface area contributed by atoms with Crippen LogP contribution in [-0.2, 0) is 13.7 Å². The molecule has 2 aromatic heterocycles. The fourth-order valence-electron chi connectivity index (χ4n) is 2.47. The molecule has 0 saturated carbocycles. The second-order valence-corrected chi connectivity index (χ2v) is 6.15. The van der Waals surface area contributed by atoms with Crippen molar-refractivity contribution in [3.05, 3.63) is 59.6 Å². The Labute approximate surface area is 152 Å². The molecule has 7 heteroatoms. The fraction of sp³-hybridized carbons (Fsp3) is 0.278. The van der Waals surface area contributed by atoms with Crippen LogP contribution in [0.15, 0.2) is 54.9 Å². The summed E-state index contributed by atoms with van der Waals surface area (Å²) in [6, 6.07) is 13.7. The molecule has 0 aliphatic heterocycles. The molecular formula is C18H21N5OS. The van der Waals surface area contributed by atoms with Crippen molar-refractivity contribution in [1.82, 2.24) is 24.2 Å². The first-order valence-corrected chi connectivity index (χ1v) is 8.46. The van der Waals surface area contributed by atoms with Crippen molar-refractivity contribution in [2.75, 3.05) is 20.2 Å². The van der Waals surface area contributed by atoms with Gasteiger partial charge in [-0.05, 0) is 43.5 Å². The molecule has 0 fully saturated rings. The summed E-state index contributed by atoms with van der Waals surface area (Å²) in [4.78, 5) is 6.17. The number of likely N-dealkylation sites (N-methyl/N-ethyl adjacent to an activating group) is 1. The molecule has 3 rings (SSSR count). The van der Waals surface area contributed by atoms with Crippen molar-refractivity contribution < 1.29 is 4.74 Å². The van der Waals surface area contributed by atoms with Gasteiger partial charge in [0.1, 0.15) is 12.4 Å². The van der Waals surface area contributed by atoms with E-state index in [-0.39, 0.29) is 0 Å². The summed E-state index contributed by atoms with van der Waals surface area (Å²) in [6.07, 6.45) is 3.51. The SMILES string of the molecule is CN(CCOc1ccccc1)Cn1nc(-c2ccncc2)n(C)c1=S. The highest BCUT2D eigenvalue weighted by Crippen LogP contribution is 2.16. The minimum atomic E-state index is 0.607. The van der Waals surface area contributed by atoms with E-state index in [1.165, 1.54) is 0 Å². The molecule has 0 saturated heterocycles. The van der Waals surface area contributed by atoms with Crippen LogP contribution in [0.5, 0.6) is 5.75 Å². The zero-order chi connectivity index (χ0) is 17.6. The van der Waals surface area contributed by atoms with Crippen molar-refractivity contribution in [2.45, 2.75) is 6.67 Å². The lowest BCUT2D eigenvalue weighted by Crippen LogP contribution is -2.27. The van der Waals surface area contributed by atoms with Crippen molar-refractivity contribution in [1.29, 1.82) is 0 Å². The molecule has 0 atom stereocenters. The van der Waals surface area contributed by atoms with E-state index in [1.807, 2.05) is 65.8 Å². The molecule has 25 heavy (non-hydrogen) atoms. The first-order chi connectivity index (χ1) is 12.1. The second-order valence-electron chi connectivity index (χ2n) is 5.78. The van der Waals surface area contributed by atoms with Gasteiger partial charge < -0.3 is 9.30 Å². The van der Waals surface area contributed by atoms with E-state index >= 15 is 0 Å². The van der Waals surface area contributed by atoms with Crippen molar-refractivity contribution in [3.63, 3.8) is 0 Å². The van der Waals surface area contributed by atoms with Gasteiger partial charge in [-0.25, -0.2) is 4.68 Å². The van der Waals surface area contributed by atoms with E-state index in [9.17, 15) is 0 Å². The lowest BCUT2D eigenvalue weighted by atomic mass is 10.2. The van der Waals surface area contributed by atoms with E-state index in [0.29, 0.717) is 18.0 Å². The number of ether oxygens (including phenoxy) is 1. The van der Waals surface area contributed by atoms with E-state index < -0.39 is 0 Å². The van der Waals surface area contributed by atoms with Gasteiger partial charge in [-0.2, -0.15) is 5.10 Å². The Balaban J connectivity index is 1.62. The van der Waals surface area contributed by atoms with E-state index in [0.717, 1.165) is 23.7 Å². The predicted molar refractivity (Wildman–Crippen MR) is 99.8 cm³/mol. The molecule has 1 aromatic carbocycles. The number of aromatic nitrogens is 4. The molecule has 0 spiro atoms. The Kier molecular flexibility index (Phi) is 5.57. The lowest BCUT2D eigenvalue weighted by Gasteiger charge is -2.16. The number of para-hydroxylation sites is 1. The highest BCUT2D eigenvalue weighted by atomic mass is 32.1. The fourth-order valence-corrected chi connectivity index (χ4v) is 2.65. The standard InChI is InChI=1S/C18H21N5OS/c1-21(12-13-24-16-6-4-3-5-7-16)14-23-18(25)22(2)17(20-23)15-8-10-19-11-9-15/h3-11H,12-14H2,1-2H3. The van der Waals surface area contributed by atoms with Crippen molar-refractivity contribution >= 4 is 12.2 Å². The molecule has 6 nitrogen and oxygen atoms in total. The first-order valence-electron chi connectivity index (χ1n) is 8.06. The average Bonchev–Trinajstić information content (AvgIpc) is 2.92. The lowest BCUT2D eigenvalue weighted by molar-refractivity contribution is 0.198. The largest absolute Gasteiger partial charge is 0.492 e. The van der Waals surface area contributed by atoms with Gasteiger partial charge in [0.15, 0.2) is 10.6 Å². The van der Waals surface area contributed by atoms with Gasteiger partial charge in [0.2, 0.25) is 0 Å². The van der Waals surface area contributed by atoms with E-state index in [2.05, 4.69) is 15.0 Å². The molecule has 3 aromatic rings. The third-order valence-electron chi connectivity index (χ3n) is 3.84. The van der Waals surface area contributed by atoms with Gasteiger partial charge in [0, 0.05) is 31.5 Å². The van der Waals surface area contributed by atoms with E-state index in [1.54, 1.807) is 12.4 Å². The number of rotatable bonds is 7. The van der Waals surface area contributed by atoms with Crippen LogP contribution < -0.4 is 4.74 Å². The van der Waals surface area contributed by atoms with Crippen LogP contribution >= 0.6 is 12.2 Å². The topological polar surface area (TPSA) is 48.1 Å². The van der Waals surface area contributed by atoms with Crippen molar-refractivity contribution in [3.8, 4) is 17.1 Å². The molecule has 0 bridgehead atoms. The number of benzene rings is 1. The monoisotopic (exact) mass is 355 g/mol. The van der Waals surface area contributed by atoms with Crippen LogP contribution in [0.3, 0.4) is 0 Å². The predicted octanol–water partition coefficient (Wildman–Crippen LogP) is 2.98. The molecule has 130 valence electrons. The Hall–Kier alpha value is -2.51. The molecule has 0 amide bonds. The Morgan fingerprint density at radius 3 is 2.56 bits per heavy atom. The minimum Gasteiger partial charge on any atom is -0.492 e.